The summed E-state index contributed by atoms with van der Waals surface area (Å²) in [6.07, 6.45) is 2.07. The topological polar surface area (TPSA) is 77.4 Å². The number of hydrogen-bond acceptors (Lipinski definition) is 5. The number of benzene rings is 2. The number of nitrogens with one attached hydrogen (secondary N) is 1. The van der Waals surface area contributed by atoms with Crippen molar-refractivity contribution in [3.8, 4) is 0 Å². The second-order valence-corrected chi connectivity index (χ2v) is 7.58. The molecule has 11 heteroatoms. The van der Waals surface area contributed by atoms with Gasteiger partial charge in [0.25, 0.3) is 5.91 Å². The Labute approximate surface area is 187 Å². The van der Waals surface area contributed by atoms with Crippen LogP contribution in [-0.4, -0.2) is 43.4 Å². The van der Waals surface area contributed by atoms with Gasteiger partial charge in [0.05, 0.1) is 5.69 Å². The van der Waals surface area contributed by atoms with E-state index >= 15 is 0 Å². The van der Waals surface area contributed by atoms with Crippen molar-refractivity contribution in [3.63, 3.8) is 0 Å². The van der Waals surface area contributed by atoms with Crippen molar-refractivity contribution in [2.45, 2.75) is 19.5 Å². The van der Waals surface area contributed by atoms with Crippen LogP contribution >= 0.6 is 12.1 Å². The maximum Gasteiger partial charge on any atom is 0.324 e. The molecule has 1 aliphatic rings. The van der Waals surface area contributed by atoms with E-state index in [0.717, 1.165) is 17.7 Å². The molecule has 1 N–H and O–H groups in total. The highest BCUT2D eigenvalue weighted by atomic mass is 32.2. The molecule has 1 aliphatic heterocycles. The number of fused-ring (bicyclic) bond motifs is 1. The molecule has 0 aromatic heterocycles. The zero-order chi connectivity index (χ0) is 23.3. The van der Waals surface area contributed by atoms with Crippen LogP contribution in [0, 0.1) is 17.5 Å². The first-order chi connectivity index (χ1) is 15.3. The summed E-state index contributed by atoms with van der Waals surface area (Å²) in [5, 5.41) is 2.43. The lowest BCUT2D eigenvalue weighted by atomic mass is 10.0. The van der Waals surface area contributed by atoms with E-state index < -0.39 is 35.5 Å². The van der Waals surface area contributed by atoms with Gasteiger partial charge < -0.3 is 10.2 Å². The van der Waals surface area contributed by atoms with Gasteiger partial charge in [-0.15, -0.1) is 0 Å². The second-order valence-electron chi connectivity index (χ2n) is 6.95. The number of urea groups is 1. The molecule has 0 saturated heterocycles. The largest absolute Gasteiger partial charge is 0.348 e. The Hall–Kier alpha value is -3.34. The van der Waals surface area contributed by atoms with Crippen molar-refractivity contribution < 1.29 is 22.8 Å². The summed E-state index contributed by atoms with van der Waals surface area (Å²) >= 11 is 0.937. The maximum absolute atomic E-state index is 13.8. The fourth-order valence-corrected chi connectivity index (χ4v) is 3.50. The SMILES string of the molecule is C=NSN=CCCN1C(=O)N(C)Cc2ccc(C(=O)NCc3c(F)cc(F)cc3F)cc21. The molecule has 3 rings (SSSR count). The van der Waals surface area contributed by atoms with Crippen LogP contribution in [0.3, 0.4) is 0 Å². The third-order valence-corrected chi connectivity index (χ3v) is 5.15. The molecule has 0 radical (unpaired) electrons. The average Bonchev–Trinajstić information content (AvgIpc) is 2.74. The molecule has 0 spiro atoms. The van der Waals surface area contributed by atoms with E-state index in [-0.39, 0.29) is 11.6 Å². The lowest BCUT2D eigenvalue weighted by Gasteiger charge is -2.35. The number of nitrogens with zero attached hydrogens (tertiary/aromatic N) is 4. The van der Waals surface area contributed by atoms with Crippen LogP contribution in [0.25, 0.3) is 0 Å². The summed E-state index contributed by atoms with van der Waals surface area (Å²) in [5.74, 6) is -3.79. The summed E-state index contributed by atoms with van der Waals surface area (Å²) in [4.78, 5) is 28.3. The number of amides is 3. The van der Waals surface area contributed by atoms with E-state index in [0.29, 0.717) is 37.3 Å². The Balaban J connectivity index is 1.77. The highest BCUT2D eigenvalue weighted by molar-refractivity contribution is 7.96. The van der Waals surface area contributed by atoms with Crippen molar-refractivity contribution in [1.82, 2.24) is 10.2 Å². The maximum atomic E-state index is 13.8. The van der Waals surface area contributed by atoms with Gasteiger partial charge in [-0.2, -0.15) is 0 Å². The fraction of sp³-hybridized carbons (Fsp3) is 0.238. The molecule has 3 amide bonds. The summed E-state index contributed by atoms with van der Waals surface area (Å²) in [5.41, 5.74) is 1.19. The fourth-order valence-electron chi connectivity index (χ4n) is 3.26. The van der Waals surface area contributed by atoms with Gasteiger partial charge in [-0.05, 0) is 17.7 Å². The van der Waals surface area contributed by atoms with E-state index in [4.69, 9.17) is 0 Å². The molecule has 168 valence electrons. The summed E-state index contributed by atoms with van der Waals surface area (Å²) in [6, 6.07) is 5.73. The van der Waals surface area contributed by atoms with Crippen molar-refractivity contribution >= 4 is 42.7 Å². The highest BCUT2D eigenvalue weighted by Crippen LogP contribution is 2.29. The Kier molecular flexibility index (Phi) is 7.52. The Morgan fingerprint density at radius 3 is 2.66 bits per heavy atom. The van der Waals surface area contributed by atoms with E-state index in [1.165, 1.54) is 4.90 Å². The molecule has 0 saturated carbocycles. The summed E-state index contributed by atoms with van der Waals surface area (Å²) < 4.78 is 48.2. The number of carbonyl (C=O) groups is 2. The number of anilines is 1. The van der Waals surface area contributed by atoms with Gasteiger partial charge in [0, 0.05) is 69.3 Å². The van der Waals surface area contributed by atoms with E-state index in [9.17, 15) is 22.8 Å². The van der Waals surface area contributed by atoms with Crippen LogP contribution in [0.1, 0.15) is 27.9 Å². The van der Waals surface area contributed by atoms with Crippen molar-refractivity contribution in [2.75, 3.05) is 18.5 Å². The zero-order valence-corrected chi connectivity index (χ0v) is 18.0. The quantitative estimate of drug-likeness (QED) is 0.472. The molecular weight excluding hydrogens is 443 g/mol. The standard InChI is InChI=1S/C21H20F3N5O2S/c1-25-32-27-6-3-7-29-19-8-13(4-5-14(19)12-28(2)21(29)31)20(30)26-11-16-17(23)9-15(22)10-18(16)24/h4-6,8-10H,1,3,7,11-12H2,2H3,(H,26,30). The van der Waals surface area contributed by atoms with Crippen LogP contribution < -0.4 is 10.2 Å². The molecule has 0 fully saturated rings. The van der Waals surface area contributed by atoms with Crippen LogP contribution in [0.4, 0.5) is 23.7 Å². The van der Waals surface area contributed by atoms with Crippen LogP contribution in [0.5, 0.6) is 0 Å². The molecule has 32 heavy (non-hydrogen) atoms. The van der Waals surface area contributed by atoms with E-state index in [1.807, 2.05) is 0 Å². The highest BCUT2D eigenvalue weighted by Gasteiger charge is 2.28. The number of rotatable bonds is 8. The van der Waals surface area contributed by atoms with E-state index in [2.05, 4.69) is 20.8 Å². The Bertz CT molecular complexity index is 1060. The minimum absolute atomic E-state index is 0.217. The summed E-state index contributed by atoms with van der Waals surface area (Å²) in [6.45, 7) is 3.56. The molecule has 0 atom stereocenters. The van der Waals surface area contributed by atoms with E-state index in [1.54, 1.807) is 36.4 Å². The average molecular weight is 463 g/mol. The summed E-state index contributed by atoms with van der Waals surface area (Å²) in [7, 11) is 1.68. The molecule has 2 aromatic rings. The molecule has 7 nitrogen and oxygen atoms in total. The predicted octanol–water partition coefficient (Wildman–Crippen LogP) is 4.13. The van der Waals surface area contributed by atoms with Crippen LogP contribution in [0.15, 0.2) is 39.1 Å². The third-order valence-electron chi connectivity index (χ3n) is 4.80. The molecular formula is C21H20F3N5O2S. The molecule has 0 unspecified atom stereocenters. The first kappa shape index (κ1) is 23.3. The van der Waals surface area contributed by atoms with Gasteiger partial charge >= 0.3 is 6.03 Å². The third kappa shape index (κ3) is 5.28. The van der Waals surface area contributed by atoms with Gasteiger partial charge in [0.15, 0.2) is 0 Å². The molecule has 0 aliphatic carbocycles. The first-order valence-electron chi connectivity index (χ1n) is 9.53. The number of halogens is 3. The van der Waals surface area contributed by atoms with Crippen LogP contribution in [-0.2, 0) is 13.1 Å². The van der Waals surface area contributed by atoms with Crippen LogP contribution in [0.2, 0.25) is 0 Å². The van der Waals surface area contributed by atoms with Gasteiger partial charge in [-0.25, -0.2) is 26.8 Å². The van der Waals surface area contributed by atoms with Crippen molar-refractivity contribution in [2.24, 2.45) is 8.80 Å². The lowest BCUT2D eigenvalue weighted by Crippen LogP contribution is -2.45. The number of carbonyl (C=O) groups excluding carboxylic acids is 2. The van der Waals surface area contributed by atoms with Gasteiger partial charge in [0.2, 0.25) is 0 Å². The molecule has 0 bridgehead atoms. The predicted molar refractivity (Wildman–Crippen MR) is 118 cm³/mol. The van der Waals surface area contributed by atoms with Gasteiger partial charge in [0.1, 0.15) is 29.6 Å². The minimum atomic E-state index is -1.08. The Morgan fingerprint density at radius 2 is 1.97 bits per heavy atom. The van der Waals surface area contributed by atoms with Gasteiger partial charge in [-0.3, -0.25) is 9.69 Å². The second kappa shape index (κ2) is 10.3. The zero-order valence-electron chi connectivity index (χ0n) is 17.1. The first-order valence-corrected chi connectivity index (χ1v) is 10.3. The molecule has 2 aromatic carbocycles. The Morgan fingerprint density at radius 1 is 1.25 bits per heavy atom. The number of hydrogen-bond donors (Lipinski definition) is 1. The smallest absolute Gasteiger partial charge is 0.324 e. The lowest BCUT2D eigenvalue weighted by molar-refractivity contribution is 0.0950. The van der Waals surface area contributed by atoms with Crippen molar-refractivity contribution in [3.05, 3.63) is 64.5 Å². The molecule has 1 heterocycles. The van der Waals surface area contributed by atoms with Gasteiger partial charge in [-0.1, -0.05) is 6.07 Å². The monoisotopic (exact) mass is 463 g/mol. The minimum Gasteiger partial charge on any atom is -0.348 e. The van der Waals surface area contributed by atoms with Crippen molar-refractivity contribution in [1.29, 1.82) is 0 Å². The normalized spacial score (nSPS) is 13.4.